The van der Waals surface area contributed by atoms with Crippen molar-refractivity contribution in [1.82, 2.24) is 4.83 Å². The van der Waals surface area contributed by atoms with Crippen LogP contribution in [-0.4, -0.2) is 14.1 Å². The maximum Gasteiger partial charge on any atom is 0.276 e. The summed E-state index contributed by atoms with van der Waals surface area (Å²) >= 11 is 3.28. The van der Waals surface area contributed by atoms with E-state index < -0.39 is 10.0 Å². The van der Waals surface area contributed by atoms with Crippen LogP contribution in [0.3, 0.4) is 0 Å². The van der Waals surface area contributed by atoms with Gasteiger partial charge in [0, 0.05) is 16.1 Å². The molecule has 0 unspecified atom stereocenters. The zero-order valence-corrected chi connectivity index (χ0v) is 12.5. The Balaban J connectivity index is 1.72. The number of allylic oxidation sites excluding steroid dienone is 2. The molecule has 100 valence electrons. The van der Waals surface area contributed by atoms with Gasteiger partial charge < -0.3 is 0 Å². The number of benzene rings is 1. The molecule has 4 nitrogen and oxygen atoms in total. The molecular weight excluding hydrogens is 328 g/mol. The van der Waals surface area contributed by atoms with E-state index in [0.29, 0.717) is 11.8 Å². The molecule has 0 amide bonds. The van der Waals surface area contributed by atoms with Crippen molar-refractivity contribution >= 4 is 31.7 Å². The van der Waals surface area contributed by atoms with Crippen LogP contribution in [0.5, 0.6) is 0 Å². The molecule has 1 aromatic rings. The molecule has 0 heterocycles. The van der Waals surface area contributed by atoms with Crippen molar-refractivity contribution in [1.29, 1.82) is 0 Å². The Labute approximate surface area is 120 Å². The average molecular weight is 341 g/mol. The minimum Gasteiger partial charge on any atom is -0.200 e. The van der Waals surface area contributed by atoms with Gasteiger partial charge in [0.1, 0.15) is 0 Å². The van der Waals surface area contributed by atoms with E-state index in [0.717, 1.165) is 23.0 Å². The predicted molar refractivity (Wildman–Crippen MR) is 77.3 cm³/mol. The topological polar surface area (TPSA) is 58.5 Å². The fraction of sp³-hybridized carbons (Fsp3) is 0.308. The molecule has 19 heavy (non-hydrogen) atoms. The lowest BCUT2D eigenvalue weighted by molar-refractivity contribution is 0.463. The van der Waals surface area contributed by atoms with Crippen molar-refractivity contribution in [2.45, 2.75) is 17.7 Å². The Hall–Kier alpha value is -1.14. The molecular formula is C13H13BrN2O2S. The molecule has 0 spiro atoms. The van der Waals surface area contributed by atoms with Gasteiger partial charge in [-0.05, 0) is 43.0 Å². The summed E-state index contributed by atoms with van der Waals surface area (Å²) in [5.74, 6) is 0.976. The van der Waals surface area contributed by atoms with Gasteiger partial charge in [-0.1, -0.05) is 28.1 Å². The summed E-state index contributed by atoms with van der Waals surface area (Å²) in [6.07, 6.45) is 6.17. The van der Waals surface area contributed by atoms with Gasteiger partial charge in [0.25, 0.3) is 10.0 Å². The first-order valence-corrected chi connectivity index (χ1v) is 8.34. The van der Waals surface area contributed by atoms with Crippen molar-refractivity contribution in [3.05, 3.63) is 40.9 Å². The van der Waals surface area contributed by atoms with Crippen LogP contribution in [0.25, 0.3) is 0 Å². The number of fused-ring (bicyclic) bond motifs is 1. The Morgan fingerprint density at radius 1 is 1.26 bits per heavy atom. The van der Waals surface area contributed by atoms with Crippen LogP contribution < -0.4 is 4.83 Å². The van der Waals surface area contributed by atoms with Gasteiger partial charge in [0.2, 0.25) is 0 Å². The number of hydrazone groups is 1. The van der Waals surface area contributed by atoms with Crippen molar-refractivity contribution in [2.75, 3.05) is 0 Å². The second-order valence-corrected chi connectivity index (χ2v) is 7.37. The summed E-state index contributed by atoms with van der Waals surface area (Å²) in [7, 11) is -3.56. The maximum absolute atomic E-state index is 12.0. The highest BCUT2D eigenvalue weighted by molar-refractivity contribution is 9.10. The lowest BCUT2D eigenvalue weighted by Crippen LogP contribution is -2.35. The molecule has 0 radical (unpaired) electrons. The van der Waals surface area contributed by atoms with E-state index in [1.165, 1.54) is 0 Å². The van der Waals surface area contributed by atoms with Gasteiger partial charge in [0.15, 0.2) is 0 Å². The maximum atomic E-state index is 12.0. The van der Waals surface area contributed by atoms with Crippen LogP contribution in [0.15, 0.2) is 50.9 Å². The van der Waals surface area contributed by atoms with Crippen molar-refractivity contribution in [3.8, 4) is 0 Å². The summed E-state index contributed by atoms with van der Waals surface area (Å²) in [6.45, 7) is 0. The number of sulfonamides is 1. The number of hydrogen-bond donors (Lipinski definition) is 1. The van der Waals surface area contributed by atoms with Crippen LogP contribution in [0.2, 0.25) is 0 Å². The molecule has 2 aliphatic rings. The first kappa shape index (κ1) is 12.9. The van der Waals surface area contributed by atoms with E-state index >= 15 is 0 Å². The largest absolute Gasteiger partial charge is 0.276 e. The molecule has 0 bridgehead atoms. The first-order valence-electron chi connectivity index (χ1n) is 6.07. The third kappa shape index (κ3) is 2.47. The highest BCUT2D eigenvalue weighted by Gasteiger charge is 2.38. The normalized spacial score (nSPS) is 27.1. The molecule has 0 saturated heterocycles. The third-order valence-electron chi connectivity index (χ3n) is 3.60. The molecule has 0 aliphatic heterocycles. The molecule has 0 aromatic heterocycles. The zero-order valence-electron chi connectivity index (χ0n) is 10.1. The number of hydrogen-bond acceptors (Lipinski definition) is 3. The molecule has 1 fully saturated rings. The third-order valence-corrected chi connectivity index (χ3v) is 5.35. The summed E-state index contributed by atoms with van der Waals surface area (Å²) in [6, 6.07) is 6.49. The quantitative estimate of drug-likeness (QED) is 0.679. The molecule has 2 aliphatic carbocycles. The summed E-state index contributed by atoms with van der Waals surface area (Å²) in [4.78, 5) is 2.55. The second-order valence-electron chi connectivity index (χ2n) is 4.79. The number of halogens is 1. The van der Waals surface area contributed by atoms with Crippen molar-refractivity contribution in [2.24, 2.45) is 16.9 Å². The monoisotopic (exact) mass is 340 g/mol. The van der Waals surface area contributed by atoms with Gasteiger partial charge in [-0.2, -0.15) is 13.5 Å². The Bertz CT molecular complexity index is 650. The van der Waals surface area contributed by atoms with Gasteiger partial charge >= 0.3 is 0 Å². The van der Waals surface area contributed by atoms with Crippen LogP contribution in [0.4, 0.5) is 0 Å². The minimum absolute atomic E-state index is 0.223. The van der Waals surface area contributed by atoms with E-state index in [9.17, 15) is 8.42 Å². The van der Waals surface area contributed by atoms with E-state index in [1.807, 2.05) is 0 Å². The second kappa shape index (κ2) is 4.76. The minimum atomic E-state index is -3.56. The van der Waals surface area contributed by atoms with E-state index in [2.05, 4.69) is 38.0 Å². The van der Waals surface area contributed by atoms with Crippen molar-refractivity contribution < 1.29 is 8.42 Å². The summed E-state index contributed by atoms with van der Waals surface area (Å²) in [5, 5.41) is 4.07. The molecule has 3 rings (SSSR count). The molecule has 1 N–H and O–H groups in total. The molecule has 6 heteroatoms. The fourth-order valence-electron chi connectivity index (χ4n) is 2.45. The Morgan fingerprint density at radius 2 is 2.00 bits per heavy atom. The highest BCUT2D eigenvalue weighted by atomic mass is 79.9. The highest BCUT2D eigenvalue weighted by Crippen LogP contribution is 2.40. The first-order chi connectivity index (χ1) is 9.06. The fourth-order valence-corrected chi connectivity index (χ4v) is 3.55. The van der Waals surface area contributed by atoms with Crippen molar-refractivity contribution in [3.63, 3.8) is 0 Å². The summed E-state index contributed by atoms with van der Waals surface area (Å²) < 4.78 is 24.9. The van der Waals surface area contributed by atoms with E-state index in [1.54, 1.807) is 24.3 Å². The van der Waals surface area contributed by atoms with Crippen LogP contribution >= 0.6 is 15.9 Å². The van der Waals surface area contributed by atoms with Gasteiger partial charge in [-0.3, -0.25) is 0 Å². The summed E-state index contributed by atoms with van der Waals surface area (Å²) in [5.41, 5.74) is 0.954. The number of rotatable bonds is 3. The Morgan fingerprint density at radius 3 is 2.68 bits per heavy atom. The zero-order chi connectivity index (χ0) is 13.5. The lowest BCUT2D eigenvalue weighted by Gasteiger charge is -2.31. The molecule has 1 aromatic carbocycles. The van der Waals surface area contributed by atoms with Crippen LogP contribution in [0, 0.1) is 11.8 Å². The van der Waals surface area contributed by atoms with E-state index in [4.69, 9.17) is 0 Å². The molecule has 1 saturated carbocycles. The Kier molecular flexibility index (Phi) is 3.22. The van der Waals surface area contributed by atoms with Crippen LogP contribution in [0.1, 0.15) is 12.8 Å². The van der Waals surface area contributed by atoms with Gasteiger partial charge in [-0.25, -0.2) is 4.83 Å². The van der Waals surface area contributed by atoms with Gasteiger partial charge in [0.05, 0.1) is 4.90 Å². The number of nitrogens with zero attached hydrogens (tertiary/aromatic N) is 1. The molecule has 2 atom stereocenters. The lowest BCUT2D eigenvalue weighted by atomic mass is 9.74. The van der Waals surface area contributed by atoms with Gasteiger partial charge in [-0.15, -0.1) is 0 Å². The average Bonchev–Trinajstić information content (AvgIpc) is 2.72. The SMILES string of the molecule is O=S(=O)(N/N=C1\C[C@H]2C=CC[C@@H]12)c1ccc(Br)cc1. The predicted octanol–water partition coefficient (Wildman–Crippen LogP) is 2.68. The standard InChI is InChI=1S/C13H13BrN2O2S/c14-10-4-6-11(7-5-10)19(17,18)16-15-13-8-9-2-1-3-12(9)13/h1-2,4-7,9,12,16H,3,8H2/b15-13+/t9-,12-/m1/s1. The smallest absolute Gasteiger partial charge is 0.200 e. The van der Waals surface area contributed by atoms with E-state index in [-0.39, 0.29) is 4.90 Å². The van der Waals surface area contributed by atoms with Crippen LogP contribution in [-0.2, 0) is 10.0 Å². The number of nitrogens with one attached hydrogen (secondary N) is 1.